The summed E-state index contributed by atoms with van der Waals surface area (Å²) in [4.78, 5) is 4.78. The van der Waals surface area contributed by atoms with Gasteiger partial charge in [0.05, 0.1) is 16.7 Å². The lowest BCUT2D eigenvalue weighted by Crippen LogP contribution is -2.13. The molecular formula is C64H47N3. The van der Waals surface area contributed by atoms with E-state index in [1.807, 2.05) is 0 Å². The lowest BCUT2D eigenvalue weighted by atomic mass is 9.96. The standard InChI is InChI=1S/C64H47N3/c1-6-20-46(21-7-1)49-37-40-63-61(43-49)60-38-36-50(44-64(60)67(63)53-29-14-5-15-30-53)48-24-18-31-54(42-48)65(51-25-10-3-11-26-51)55-32-19-33-56(45-55)66(52-27-12-4-13-28-52)62-41-39-57(47-22-8-2-9-23-47)58-34-16-17-35-59(58)62/h1-4,6-14,16-45H,5,15H2. The molecule has 3 heteroatoms. The average Bonchev–Trinajstić information content (AvgIpc) is 3.73. The van der Waals surface area contributed by atoms with Crippen LogP contribution in [-0.2, 0) is 0 Å². The van der Waals surface area contributed by atoms with Crippen LogP contribution in [0, 0.1) is 0 Å². The molecule has 0 unspecified atom stereocenters. The normalized spacial score (nSPS) is 12.4. The van der Waals surface area contributed by atoms with Gasteiger partial charge in [0.2, 0.25) is 0 Å². The molecule has 11 aromatic rings. The minimum atomic E-state index is 1.04. The fourth-order valence-electron chi connectivity index (χ4n) is 10.0. The predicted molar refractivity (Wildman–Crippen MR) is 285 cm³/mol. The summed E-state index contributed by atoms with van der Waals surface area (Å²) in [7, 11) is 0. The minimum Gasteiger partial charge on any atom is -0.310 e. The molecule has 0 saturated heterocycles. The highest BCUT2D eigenvalue weighted by Crippen LogP contribution is 2.45. The molecule has 0 amide bonds. The van der Waals surface area contributed by atoms with Crippen LogP contribution in [0.25, 0.3) is 71.7 Å². The first-order chi connectivity index (χ1) is 33.2. The average molecular weight is 858 g/mol. The number of para-hydroxylation sites is 2. The van der Waals surface area contributed by atoms with E-state index in [9.17, 15) is 0 Å². The van der Waals surface area contributed by atoms with Gasteiger partial charge in [-0.25, -0.2) is 0 Å². The summed E-state index contributed by atoms with van der Waals surface area (Å²) in [6, 6.07) is 88.1. The molecule has 0 atom stereocenters. The van der Waals surface area contributed by atoms with Crippen LogP contribution >= 0.6 is 0 Å². The molecule has 1 heterocycles. The molecule has 0 aliphatic heterocycles. The van der Waals surface area contributed by atoms with E-state index in [1.54, 1.807) is 0 Å². The Kier molecular flexibility index (Phi) is 10.3. The third-order valence-corrected chi connectivity index (χ3v) is 13.1. The highest BCUT2D eigenvalue weighted by atomic mass is 15.2. The number of benzene rings is 10. The molecule has 3 nitrogen and oxygen atoms in total. The Morgan fingerprint density at radius 1 is 0.313 bits per heavy atom. The molecule has 1 aromatic heterocycles. The maximum atomic E-state index is 2.46. The van der Waals surface area contributed by atoms with E-state index in [0.29, 0.717) is 0 Å². The second-order valence-corrected chi connectivity index (χ2v) is 17.2. The number of allylic oxidation sites excluding steroid dienone is 4. The highest BCUT2D eigenvalue weighted by Gasteiger charge is 2.21. The van der Waals surface area contributed by atoms with Crippen molar-refractivity contribution >= 4 is 72.4 Å². The van der Waals surface area contributed by atoms with Crippen molar-refractivity contribution in [1.29, 1.82) is 0 Å². The van der Waals surface area contributed by atoms with Crippen molar-refractivity contribution < 1.29 is 0 Å². The van der Waals surface area contributed by atoms with Gasteiger partial charge in [-0.15, -0.1) is 0 Å². The summed E-state index contributed by atoms with van der Waals surface area (Å²) in [5, 5.41) is 4.92. The Hall–Kier alpha value is -8.66. The number of anilines is 6. The summed E-state index contributed by atoms with van der Waals surface area (Å²) in [5.41, 5.74) is 17.4. The van der Waals surface area contributed by atoms with Gasteiger partial charge in [-0.1, -0.05) is 176 Å². The monoisotopic (exact) mass is 857 g/mol. The van der Waals surface area contributed by atoms with Crippen molar-refractivity contribution in [2.75, 3.05) is 9.80 Å². The van der Waals surface area contributed by atoms with Gasteiger partial charge in [-0.05, 0) is 137 Å². The predicted octanol–water partition coefficient (Wildman–Crippen LogP) is 18.1. The third-order valence-electron chi connectivity index (χ3n) is 13.1. The van der Waals surface area contributed by atoms with Crippen LogP contribution in [0.1, 0.15) is 12.8 Å². The second-order valence-electron chi connectivity index (χ2n) is 17.2. The van der Waals surface area contributed by atoms with Crippen LogP contribution < -0.4 is 9.80 Å². The Labute approximate surface area is 392 Å². The molecular weight excluding hydrogens is 811 g/mol. The van der Waals surface area contributed by atoms with Crippen LogP contribution in [0.2, 0.25) is 0 Å². The maximum Gasteiger partial charge on any atom is 0.0547 e. The summed E-state index contributed by atoms with van der Waals surface area (Å²) >= 11 is 0. The number of nitrogens with zero attached hydrogens (tertiary/aromatic N) is 3. The van der Waals surface area contributed by atoms with E-state index >= 15 is 0 Å². The van der Waals surface area contributed by atoms with Crippen molar-refractivity contribution in [3.63, 3.8) is 0 Å². The van der Waals surface area contributed by atoms with Crippen LogP contribution in [-0.4, -0.2) is 4.57 Å². The van der Waals surface area contributed by atoms with Crippen LogP contribution in [0.4, 0.5) is 34.1 Å². The number of hydrogen-bond acceptors (Lipinski definition) is 2. The molecule has 1 aliphatic rings. The molecule has 1 aliphatic carbocycles. The fraction of sp³-hybridized carbons (Fsp3) is 0.0312. The van der Waals surface area contributed by atoms with Gasteiger partial charge in [0, 0.05) is 50.3 Å². The Balaban J connectivity index is 0.984. The van der Waals surface area contributed by atoms with Gasteiger partial charge in [0.25, 0.3) is 0 Å². The van der Waals surface area contributed by atoms with E-state index in [-0.39, 0.29) is 0 Å². The van der Waals surface area contributed by atoms with Crippen LogP contribution in [0.15, 0.2) is 261 Å². The van der Waals surface area contributed by atoms with Gasteiger partial charge in [-0.3, -0.25) is 0 Å². The largest absolute Gasteiger partial charge is 0.310 e. The quantitative estimate of drug-likeness (QED) is 0.136. The van der Waals surface area contributed by atoms with E-state index < -0.39 is 0 Å². The summed E-state index contributed by atoms with van der Waals surface area (Å²) in [6.07, 6.45) is 9.07. The molecule has 0 spiro atoms. The van der Waals surface area contributed by atoms with Crippen molar-refractivity contribution in [2.45, 2.75) is 12.8 Å². The first-order valence-corrected chi connectivity index (χ1v) is 23.2. The summed E-state index contributed by atoms with van der Waals surface area (Å²) in [6.45, 7) is 0. The van der Waals surface area contributed by atoms with Gasteiger partial charge < -0.3 is 14.4 Å². The molecule has 12 rings (SSSR count). The lowest BCUT2D eigenvalue weighted by molar-refractivity contribution is 1.02. The summed E-state index contributed by atoms with van der Waals surface area (Å²) in [5.74, 6) is 0. The van der Waals surface area contributed by atoms with E-state index in [4.69, 9.17) is 0 Å². The molecule has 67 heavy (non-hydrogen) atoms. The van der Waals surface area contributed by atoms with Crippen molar-refractivity contribution in [2.24, 2.45) is 0 Å². The van der Waals surface area contributed by atoms with Gasteiger partial charge in [0.1, 0.15) is 0 Å². The first-order valence-electron chi connectivity index (χ1n) is 23.2. The van der Waals surface area contributed by atoms with Crippen molar-refractivity contribution in [3.8, 4) is 33.4 Å². The zero-order valence-corrected chi connectivity index (χ0v) is 37.1. The van der Waals surface area contributed by atoms with Gasteiger partial charge >= 0.3 is 0 Å². The maximum absolute atomic E-state index is 2.46. The minimum absolute atomic E-state index is 1.04. The van der Waals surface area contributed by atoms with E-state index in [2.05, 4.69) is 275 Å². The van der Waals surface area contributed by atoms with Crippen molar-refractivity contribution in [1.82, 2.24) is 4.57 Å². The fourth-order valence-corrected chi connectivity index (χ4v) is 10.0. The third kappa shape index (κ3) is 7.47. The van der Waals surface area contributed by atoms with Gasteiger partial charge in [0.15, 0.2) is 0 Å². The van der Waals surface area contributed by atoms with Crippen LogP contribution in [0.3, 0.4) is 0 Å². The zero-order chi connectivity index (χ0) is 44.5. The first kappa shape index (κ1) is 39.9. The molecule has 0 fully saturated rings. The Bertz CT molecular complexity index is 3630. The zero-order valence-electron chi connectivity index (χ0n) is 37.1. The molecule has 0 N–H and O–H groups in total. The summed E-state index contributed by atoms with van der Waals surface area (Å²) < 4.78 is 2.46. The number of rotatable bonds is 10. The number of hydrogen-bond donors (Lipinski definition) is 0. The lowest BCUT2D eigenvalue weighted by Gasteiger charge is -2.30. The highest BCUT2D eigenvalue weighted by molar-refractivity contribution is 6.13. The second kappa shape index (κ2) is 17.4. The number of fused-ring (bicyclic) bond motifs is 4. The molecule has 0 saturated carbocycles. The molecule has 10 aromatic carbocycles. The van der Waals surface area contributed by atoms with E-state index in [0.717, 1.165) is 52.5 Å². The Morgan fingerprint density at radius 3 is 1.58 bits per heavy atom. The van der Waals surface area contributed by atoms with E-state index in [1.165, 1.54) is 66.1 Å². The Morgan fingerprint density at radius 2 is 0.866 bits per heavy atom. The molecule has 0 bridgehead atoms. The number of aromatic nitrogens is 1. The molecule has 318 valence electrons. The van der Waals surface area contributed by atoms with Crippen LogP contribution in [0.5, 0.6) is 0 Å². The smallest absolute Gasteiger partial charge is 0.0547 e. The molecule has 0 radical (unpaired) electrons. The van der Waals surface area contributed by atoms with Crippen molar-refractivity contribution in [3.05, 3.63) is 261 Å². The topological polar surface area (TPSA) is 11.4 Å². The SMILES string of the molecule is C1=CC(n2c3ccc(-c4ccccc4)cc3c3ccc(-c4cccc(N(c5ccccc5)c5cccc(N(c6ccccc6)c6ccc(-c7ccccc7)c7ccccc67)c5)c4)cc32)=CCC1. The van der Waals surface area contributed by atoms with Gasteiger partial charge in [-0.2, -0.15) is 0 Å².